The van der Waals surface area contributed by atoms with Crippen LogP contribution in [0.15, 0.2) is 16.6 Å². The summed E-state index contributed by atoms with van der Waals surface area (Å²) in [5.74, 6) is -0.522. The van der Waals surface area contributed by atoms with Crippen molar-refractivity contribution in [3.05, 3.63) is 27.7 Å². The molecule has 0 radical (unpaired) electrons. The normalized spacial score (nSPS) is 21.3. The van der Waals surface area contributed by atoms with Crippen LogP contribution < -0.4 is 4.74 Å². The number of carbonyl (C=O) groups excluding carboxylic acids is 1. The van der Waals surface area contributed by atoms with Gasteiger partial charge in [-0.1, -0.05) is 22.9 Å². The van der Waals surface area contributed by atoms with Crippen molar-refractivity contribution in [2.24, 2.45) is 0 Å². The molecule has 4 nitrogen and oxygen atoms in total. The van der Waals surface area contributed by atoms with Crippen molar-refractivity contribution >= 4 is 43.6 Å². The molecule has 0 spiro atoms. The van der Waals surface area contributed by atoms with Gasteiger partial charge in [-0.25, -0.2) is 4.79 Å². The first-order chi connectivity index (χ1) is 8.87. The minimum absolute atomic E-state index is 0.0571. The maximum Gasteiger partial charge on any atom is 0.341 e. The van der Waals surface area contributed by atoms with E-state index in [0.29, 0.717) is 28.6 Å². The quantitative estimate of drug-likeness (QED) is 0.800. The molecule has 1 aromatic carbocycles. The van der Waals surface area contributed by atoms with Gasteiger partial charge in [0.25, 0.3) is 0 Å². The minimum atomic E-state index is -1.03. The molecule has 1 aliphatic rings. The Balaban J connectivity index is 2.35. The summed E-state index contributed by atoms with van der Waals surface area (Å²) in [4.78, 5) is 22.8. The highest BCUT2D eigenvalue weighted by Gasteiger charge is 2.43. The van der Waals surface area contributed by atoms with Gasteiger partial charge in [0.1, 0.15) is 5.75 Å². The fourth-order valence-electron chi connectivity index (χ4n) is 2.15. The molecule has 2 rings (SSSR count). The summed E-state index contributed by atoms with van der Waals surface area (Å²) in [5, 5.41) is 8.60. The largest absolute Gasteiger partial charge is 0.482 e. The Hall–Kier alpha value is -0.880. The molecule has 0 heterocycles. The zero-order valence-electron chi connectivity index (χ0n) is 10.2. The second kappa shape index (κ2) is 5.25. The van der Waals surface area contributed by atoms with Crippen molar-refractivity contribution in [1.82, 2.24) is 0 Å². The van der Waals surface area contributed by atoms with Crippen molar-refractivity contribution in [2.75, 3.05) is 6.61 Å². The number of benzene rings is 1. The number of hydrogen-bond donors (Lipinski definition) is 1. The lowest BCUT2D eigenvalue weighted by Crippen LogP contribution is -2.27. The number of rotatable bonds is 4. The number of fused-ring (bicyclic) bond motifs is 1. The summed E-state index contributed by atoms with van der Waals surface area (Å²) in [6.07, 6.45) is 1.28. The van der Waals surface area contributed by atoms with Crippen molar-refractivity contribution in [3.63, 3.8) is 0 Å². The molecule has 0 bridgehead atoms. The second-order valence-electron chi connectivity index (χ2n) is 4.45. The first-order valence-corrected chi connectivity index (χ1v) is 7.36. The van der Waals surface area contributed by atoms with Gasteiger partial charge in [0.05, 0.1) is 4.32 Å². The molecule has 0 saturated carbocycles. The molecule has 19 heavy (non-hydrogen) atoms. The number of ketones is 1. The molecule has 1 N–H and O–H groups in total. The van der Waals surface area contributed by atoms with Crippen LogP contribution in [0, 0.1) is 0 Å². The molecular weight excluding hydrogens is 380 g/mol. The van der Waals surface area contributed by atoms with Gasteiger partial charge in [0.15, 0.2) is 12.4 Å². The lowest BCUT2D eigenvalue weighted by molar-refractivity contribution is -0.139. The number of aliphatic carboxylic acids is 1. The highest BCUT2D eigenvalue weighted by atomic mass is 79.9. The van der Waals surface area contributed by atoms with Crippen molar-refractivity contribution in [1.29, 1.82) is 0 Å². The van der Waals surface area contributed by atoms with Crippen LogP contribution in [0.5, 0.6) is 5.75 Å². The molecule has 1 unspecified atom stereocenters. The Morgan fingerprint density at radius 3 is 2.79 bits per heavy atom. The smallest absolute Gasteiger partial charge is 0.341 e. The zero-order chi connectivity index (χ0) is 14.2. The number of carbonyl (C=O) groups is 2. The number of Topliss-reactive ketones (excluding diaryl/α,β-unsaturated/α-hetero) is 1. The van der Waals surface area contributed by atoms with Gasteiger partial charge >= 0.3 is 5.97 Å². The summed E-state index contributed by atoms with van der Waals surface area (Å²) in [6, 6.07) is 3.37. The molecule has 1 aromatic rings. The number of halogens is 2. The van der Waals surface area contributed by atoms with Gasteiger partial charge < -0.3 is 9.84 Å². The number of alkyl halides is 1. The molecule has 1 aliphatic carbocycles. The molecule has 0 aromatic heterocycles. The molecule has 0 amide bonds. The third-order valence-electron chi connectivity index (χ3n) is 3.17. The van der Waals surface area contributed by atoms with Gasteiger partial charge in [-0.2, -0.15) is 0 Å². The Morgan fingerprint density at radius 2 is 2.21 bits per heavy atom. The number of carboxylic acids is 1. The van der Waals surface area contributed by atoms with Crippen LogP contribution in [0.25, 0.3) is 0 Å². The van der Waals surface area contributed by atoms with E-state index in [2.05, 4.69) is 31.9 Å². The number of hydrogen-bond acceptors (Lipinski definition) is 3. The van der Waals surface area contributed by atoms with E-state index in [-0.39, 0.29) is 5.78 Å². The highest BCUT2D eigenvalue weighted by molar-refractivity contribution is 9.10. The Labute approximate surface area is 127 Å². The molecule has 1 atom stereocenters. The lowest BCUT2D eigenvalue weighted by Gasteiger charge is -2.16. The monoisotopic (exact) mass is 390 g/mol. The summed E-state index contributed by atoms with van der Waals surface area (Å²) in [5.41, 5.74) is 1.53. The molecular formula is C13H12Br2O4. The Kier molecular flexibility index (Phi) is 4.01. The van der Waals surface area contributed by atoms with Gasteiger partial charge in [-0.05, 0) is 46.5 Å². The van der Waals surface area contributed by atoms with Gasteiger partial charge in [0, 0.05) is 10.0 Å². The van der Waals surface area contributed by atoms with E-state index in [1.807, 2.05) is 6.92 Å². The van der Waals surface area contributed by atoms with E-state index < -0.39 is 16.9 Å². The van der Waals surface area contributed by atoms with E-state index in [0.717, 1.165) is 5.56 Å². The first kappa shape index (κ1) is 14.5. The van der Waals surface area contributed by atoms with Crippen LogP contribution in [0.1, 0.15) is 29.3 Å². The third-order valence-corrected chi connectivity index (χ3v) is 5.00. The SMILES string of the molecule is CCC1(Br)Cc2cc(OCC(=O)O)cc(Br)c2C1=O. The van der Waals surface area contributed by atoms with Crippen LogP contribution in [0.3, 0.4) is 0 Å². The third kappa shape index (κ3) is 2.69. The van der Waals surface area contributed by atoms with Crippen LogP contribution in [0.4, 0.5) is 0 Å². The lowest BCUT2D eigenvalue weighted by atomic mass is 10.0. The maximum absolute atomic E-state index is 12.3. The van der Waals surface area contributed by atoms with Gasteiger partial charge in [-0.3, -0.25) is 4.79 Å². The topological polar surface area (TPSA) is 63.6 Å². The van der Waals surface area contributed by atoms with Crippen molar-refractivity contribution in [3.8, 4) is 5.75 Å². The standard InChI is InChI=1S/C13H12Br2O4/c1-2-13(15)5-7-3-8(19-6-10(16)17)4-9(14)11(7)12(13)18/h3-4H,2,5-6H2,1H3,(H,16,17). The zero-order valence-corrected chi connectivity index (χ0v) is 13.4. The number of ether oxygens (including phenoxy) is 1. The van der Waals surface area contributed by atoms with Crippen LogP contribution in [0.2, 0.25) is 0 Å². The molecule has 102 valence electrons. The summed E-state index contributed by atoms with van der Waals surface area (Å²) < 4.78 is 5.25. The van der Waals surface area contributed by atoms with Crippen molar-refractivity contribution < 1.29 is 19.4 Å². The van der Waals surface area contributed by atoms with E-state index in [9.17, 15) is 9.59 Å². The molecule has 6 heteroatoms. The van der Waals surface area contributed by atoms with E-state index in [4.69, 9.17) is 9.84 Å². The van der Waals surface area contributed by atoms with E-state index >= 15 is 0 Å². The number of carboxylic acid groups (broad SMARTS) is 1. The summed E-state index contributed by atoms with van der Waals surface area (Å²) >= 11 is 6.86. The summed E-state index contributed by atoms with van der Waals surface area (Å²) in [7, 11) is 0. The van der Waals surface area contributed by atoms with Gasteiger partial charge in [0.2, 0.25) is 0 Å². The van der Waals surface area contributed by atoms with Crippen molar-refractivity contribution in [2.45, 2.75) is 24.1 Å². The fourth-order valence-corrected chi connectivity index (χ4v) is 3.31. The van der Waals surface area contributed by atoms with Crippen LogP contribution in [-0.2, 0) is 11.2 Å². The van der Waals surface area contributed by atoms with E-state index in [1.165, 1.54) is 0 Å². The predicted molar refractivity (Wildman–Crippen MR) is 77.3 cm³/mol. The highest BCUT2D eigenvalue weighted by Crippen LogP contribution is 2.43. The Bertz CT molecular complexity index is 556. The minimum Gasteiger partial charge on any atom is -0.482 e. The molecule has 0 fully saturated rings. The average Bonchev–Trinajstić information content (AvgIpc) is 2.60. The predicted octanol–water partition coefficient (Wildman–Crippen LogP) is 3.20. The first-order valence-electron chi connectivity index (χ1n) is 5.78. The van der Waals surface area contributed by atoms with Crippen LogP contribution in [-0.4, -0.2) is 27.8 Å². The fraction of sp³-hybridized carbons (Fsp3) is 0.385. The Morgan fingerprint density at radius 1 is 1.53 bits per heavy atom. The summed E-state index contributed by atoms with van der Waals surface area (Å²) in [6.45, 7) is 1.56. The maximum atomic E-state index is 12.3. The van der Waals surface area contributed by atoms with Crippen LogP contribution >= 0.6 is 31.9 Å². The van der Waals surface area contributed by atoms with Gasteiger partial charge in [-0.15, -0.1) is 0 Å². The average molecular weight is 392 g/mol. The second-order valence-corrected chi connectivity index (χ2v) is 6.82. The molecule has 0 aliphatic heterocycles. The molecule has 0 saturated heterocycles. The van der Waals surface area contributed by atoms with E-state index in [1.54, 1.807) is 12.1 Å².